The predicted octanol–water partition coefficient (Wildman–Crippen LogP) is 3.91. The third-order valence-corrected chi connectivity index (χ3v) is 6.88. The van der Waals surface area contributed by atoms with Crippen molar-refractivity contribution in [2.24, 2.45) is 17.3 Å². The van der Waals surface area contributed by atoms with Gasteiger partial charge < -0.3 is 9.84 Å². The first-order valence-corrected chi connectivity index (χ1v) is 8.48. The van der Waals surface area contributed by atoms with Crippen LogP contribution in [0.3, 0.4) is 0 Å². The van der Waals surface area contributed by atoms with E-state index in [9.17, 15) is 5.11 Å². The molecule has 2 saturated carbocycles. The lowest BCUT2D eigenvalue weighted by Crippen LogP contribution is -2.43. The van der Waals surface area contributed by atoms with E-state index in [0.717, 1.165) is 24.0 Å². The quantitative estimate of drug-likeness (QED) is 0.848. The molecular formula is C19H26O2. The summed E-state index contributed by atoms with van der Waals surface area (Å²) in [6, 6.07) is 6.67. The van der Waals surface area contributed by atoms with Crippen LogP contribution in [0.15, 0.2) is 18.2 Å². The Hall–Kier alpha value is -1.02. The fourth-order valence-electron chi connectivity index (χ4n) is 5.66. The van der Waals surface area contributed by atoms with E-state index in [1.807, 2.05) is 0 Å². The van der Waals surface area contributed by atoms with Gasteiger partial charge in [-0.05, 0) is 85.0 Å². The molecule has 114 valence electrons. The molecule has 0 bridgehead atoms. The molecule has 21 heavy (non-hydrogen) atoms. The Morgan fingerprint density at radius 1 is 1.19 bits per heavy atom. The van der Waals surface area contributed by atoms with Gasteiger partial charge in [0.05, 0.1) is 13.2 Å². The van der Waals surface area contributed by atoms with E-state index in [2.05, 4.69) is 25.1 Å². The maximum atomic E-state index is 10.4. The summed E-state index contributed by atoms with van der Waals surface area (Å²) in [4.78, 5) is 0. The van der Waals surface area contributed by atoms with Crippen LogP contribution < -0.4 is 4.74 Å². The van der Waals surface area contributed by atoms with Crippen molar-refractivity contribution in [2.75, 3.05) is 7.11 Å². The van der Waals surface area contributed by atoms with Gasteiger partial charge in [0.2, 0.25) is 0 Å². The summed E-state index contributed by atoms with van der Waals surface area (Å²) in [6.45, 7) is 2.34. The van der Waals surface area contributed by atoms with Gasteiger partial charge >= 0.3 is 0 Å². The smallest absolute Gasteiger partial charge is 0.119 e. The lowest BCUT2D eigenvalue weighted by atomic mass is 9.55. The van der Waals surface area contributed by atoms with Gasteiger partial charge in [-0.3, -0.25) is 0 Å². The van der Waals surface area contributed by atoms with Crippen molar-refractivity contribution in [3.63, 3.8) is 0 Å². The van der Waals surface area contributed by atoms with Crippen molar-refractivity contribution in [3.8, 4) is 5.75 Å². The molecule has 2 nitrogen and oxygen atoms in total. The second kappa shape index (κ2) is 4.74. The summed E-state index contributed by atoms with van der Waals surface area (Å²) in [6.07, 6.45) is 7.07. The molecule has 0 spiro atoms. The summed E-state index contributed by atoms with van der Waals surface area (Å²) in [5.74, 6) is 3.20. The van der Waals surface area contributed by atoms with Crippen molar-refractivity contribution in [1.82, 2.24) is 0 Å². The number of fused-ring (bicyclic) bond motifs is 5. The number of hydrogen-bond acceptors (Lipinski definition) is 2. The van der Waals surface area contributed by atoms with Crippen molar-refractivity contribution < 1.29 is 9.84 Å². The molecule has 5 atom stereocenters. The first kappa shape index (κ1) is 13.6. The molecule has 4 rings (SSSR count). The zero-order valence-electron chi connectivity index (χ0n) is 13.1. The molecular weight excluding hydrogens is 260 g/mol. The summed E-state index contributed by atoms with van der Waals surface area (Å²) in [7, 11) is 1.75. The molecule has 1 aromatic rings. The second-order valence-corrected chi connectivity index (χ2v) is 7.62. The van der Waals surface area contributed by atoms with Gasteiger partial charge in [0.1, 0.15) is 5.75 Å². The first-order chi connectivity index (χ1) is 10.1. The summed E-state index contributed by atoms with van der Waals surface area (Å²) in [5, 5.41) is 10.4. The molecule has 3 aliphatic rings. The number of hydrogen-bond donors (Lipinski definition) is 1. The Morgan fingerprint density at radius 2 is 2.05 bits per heavy atom. The van der Waals surface area contributed by atoms with Crippen LogP contribution in [0.4, 0.5) is 0 Å². The summed E-state index contributed by atoms with van der Waals surface area (Å²) in [5.41, 5.74) is 3.25. The molecule has 0 unspecified atom stereocenters. The van der Waals surface area contributed by atoms with Crippen LogP contribution >= 0.6 is 0 Å². The molecule has 2 fully saturated rings. The Morgan fingerprint density at radius 3 is 2.86 bits per heavy atom. The number of aliphatic hydroxyl groups is 1. The molecule has 0 heterocycles. The molecule has 0 radical (unpaired) electrons. The van der Waals surface area contributed by atoms with Crippen LogP contribution in [0, 0.1) is 17.3 Å². The van der Waals surface area contributed by atoms with Gasteiger partial charge in [0.25, 0.3) is 0 Å². The third kappa shape index (κ3) is 1.88. The van der Waals surface area contributed by atoms with Crippen LogP contribution in [-0.4, -0.2) is 18.3 Å². The SMILES string of the molecule is COc1ccc2c(c1)CC[C@@H]1[C@H]3CC[C@@H](O)[C@@]3(C)CC[C@@H]21. The minimum atomic E-state index is -0.0688. The number of benzene rings is 1. The van der Waals surface area contributed by atoms with Crippen molar-refractivity contribution in [2.45, 2.75) is 57.5 Å². The number of aliphatic hydroxyl groups excluding tert-OH is 1. The monoisotopic (exact) mass is 286 g/mol. The number of ether oxygens (including phenoxy) is 1. The van der Waals surface area contributed by atoms with E-state index in [4.69, 9.17) is 4.74 Å². The zero-order chi connectivity index (χ0) is 14.6. The Kier molecular flexibility index (Phi) is 3.08. The highest BCUT2D eigenvalue weighted by Crippen LogP contribution is 2.60. The lowest BCUT2D eigenvalue weighted by Gasteiger charge is -2.50. The summed E-state index contributed by atoms with van der Waals surface area (Å²) < 4.78 is 5.38. The van der Waals surface area contributed by atoms with E-state index >= 15 is 0 Å². The number of aryl methyl sites for hydroxylation is 1. The van der Waals surface area contributed by atoms with E-state index in [1.165, 1.54) is 37.7 Å². The Balaban J connectivity index is 1.68. The molecule has 0 aromatic heterocycles. The highest BCUT2D eigenvalue weighted by atomic mass is 16.5. The van der Waals surface area contributed by atoms with Gasteiger partial charge in [-0.15, -0.1) is 0 Å². The van der Waals surface area contributed by atoms with E-state index in [1.54, 1.807) is 12.7 Å². The zero-order valence-corrected chi connectivity index (χ0v) is 13.1. The van der Waals surface area contributed by atoms with Crippen LogP contribution in [0.2, 0.25) is 0 Å². The molecule has 0 aliphatic heterocycles. The topological polar surface area (TPSA) is 29.5 Å². The fourth-order valence-corrected chi connectivity index (χ4v) is 5.66. The second-order valence-electron chi connectivity index (χ2n) is 7.62. The van der Waals surface area contributed by atoms with Gasteiger partial charge in [-0.1, -0.05) is 13.0 Å². The minimum absolute atomic E-state index is 0.0688. The standard InChI is InChI=1S/C19H26O2/c1-19-10-9-15-14-6-4-13(21-2)11-12(14)3-5-16(15)17(19)7-8-18(19)20/h4,6,11,15-18,20H,3,5,7-10H2,1-2H3/t15-,16-,17+,18+,19-/m0/s1. The van der Waals surface area contributed by atoms with Crippen LogP contribution in [0.5, 0.6) is 5.75 Å². The van der Waals surface area contributed by atoms with Crippen molar-refractivity contribution >= 4 is 0 Å². The Labute approximate surface area is 127 Å². The van der Waals surface area contributed by atoms with Gasteiger partial charge in [0.15, 0.2) is 0 Å². The average Bonchev–Trinajstić information content (AvgIpc) is 2.82. The molecule has 1 N–H and O–H groups in total. The molecule has 3 aliphatic carbocycles. The molecule has 1 aromatic carbocycles. The van der Waals surface area contributed by atoms with Gasteiger partial charge in [0, 0.05) is 0 Å². The van der Waals surface area contributed by atoms with Crippen molar-refractivity contribution in [1.29, 1.82) is 0 Å². The minimum Gasteiger partial charge on any atom is -0.497 e. The largest absolute Gasteiger partial charge is 0.497 e. The van der Waals surface area contributed by atoms with Gasteiger partial charge in [-0.2, -0.15) is 0 Å². The highest BCUT2D eigenvalue weighted by molar-refractivity contribution is 5.40. The maximum absolute atomic E-state index is 10.4. The fraction of sp³-hybridized carbons (Fsp3) is 0.684. The number of rotatable bonds is 1. The molecule has 2 heteroatoms. The third-order valence-electron chi connectivity index (χ3n) is 6.88. The normalized spacial score (nSPS) is 41.1. The van der Waals surface area contributed by atoms with E-state index in [0.29, 0.717) is 5.92 Å². The van der Waals surface area contributed by atoms with Gasteiger partial charge in [-0.25, -0.2) is 0 Å². The predicted molar refractivity (Wildman–Crippen MR) is 83.6 cm³/mol. The average molecular weight is 286 g/mol. The first-order valence-electron chi connectivity index (χ1n) is 8.48. The molecule has 0 saturated heterocycles. The number of methoxy groups -OCH3 is 1. The highest BCUT2D eigenvalue weighted by Gasteiger charge is 2.54. The van der Waals surface area contributed by atoms with E-state index < -0.39 is 0 Å². The lowest BCUT2D eigenvalue weighted by molar-refractivity contribution is -0.0226. The van der Waals surface area contributed by atoms with Crippen LogP contribution in [0.1, 0.15) is 56.1 Å². The summed E-state index contributed by atoms with van der Waals surface area (Å²) >= 11 is 0. The maximum Gasteiger partial charge on any atom is 0.119 e. The van der Waals surface area contributed by atoms with Crippen molar-refractivity contribution in [3.05, 3.63) is 29.3 Å². The molecule has 0 amide bonds. The van der Waals surface area contributed by atoms with Crippen LogP contribution in [0.25, 0.3) is 0 Å². The Bertz CT molecular complexity index is 552. The van der Waals surface area contributed by atoms with Crippen LogP contribution in [-0.2, 0) is 6.42 Å². The van der Waals surface area contributed by atoms with E-state index in [-0.39, 0.29) is 11.5 Å².